The number of amides is 2. The minimum absolute atomic E-state index is 0.0551. The fourth-order valence-corrected chi connectivity index (χ4v) is 7.27. The molecule has 4 saturated carbocycles. The summed E-state index contributed by atoms with van der Waals surface area (Å²) < 4.78 is 0. The van der Waals surface area contributed by atoms with Gasteiger partial charge >= 0.3 is 0 Å². The Balaban J connectivity index is 1.14. The van der Waals surface area contributed by atoms with E-state index in [1.807, 2.05) is 51.1 Å². The molecule has 2 aromatic carbocycles. The second-order valence-corrected chi connectivity index (χ2v) is 11.3. The van der Waals surface area contributed by atoms with Crippen molar-refractivity contribution in [3.05, 3.63) is 53.1 Å². The van der Waals surface area contributed by atoms with Gasteiger partial charge in [-0.2, -0.15) is 0 Å². The topological polar surface area (TPSA) is 82.3 Å². The number of carbonyl (C=O) groups is 2. The van der Waals surface area contributed by atoms with Gasteiger partial charge in [-0.15, -0.1) is 0 Å². The zero-order chi connectivity index (χ0) is 24.6. The summed E-state index contributed by atoms with van der Waals surface area (Å²) in [5.41, 5.74) is 6.24. The molecule has 4 fully saturated rings. The molecule has 4 aliphatic rings. The second-order valence-electron chi connectivity index (χ2n) is 11.3. The molecule has 4 bridgehead atoms. The summed E-state index contributed by atoms with van der Waals surface area (Å²) in [4.78, 5) is 24.9. The number of nitrogens with one attached hydrogen (secondary N) is 4. The third-order valence-corrected chi connectivity index (χ3v) is 8.19. The molecule has 0 atom stereocenters. The highest BCUT2D eigenvalue weighted by atomic mass is 16.2. The van der Waals surface area contributed by atoms with Crippen LogP contribution in [-0.2, 0) is 9.59 Å². The lowest BCUT2D eigenvalue weighted by atomic mass is 9.53. The third kappa shape index (κ3) is 5.31. The lowest BCUT2D eigenvalue weighted by Crippen LogP contribution is -2.54. The molecule has 2 amide bonds. The minimum atomic E-state index is -0.225. The molecule has 0 aromatic heterocycles. The van der Waals surface area contributed by atoms with Crippen LogP contribution in [0.1, 0.15) is 55.2 Å². The van der Waals surface area contributed by atoms with Crippen LogP contribution in [0.2, 0.25) is 0 Å². The van der Waals surface area contributed by atoms with Crippen molar-refractivity contribution in [2.24, 2.45) is 17.8 Å². The molecular weight excluding hydrogens is 436 g/mol. The molecule has 0 unspecified atom stereocenters. The number of benzene rings is 2. The van der Waals surface area contributed by atoms with Crippen molar-refractivity contribution in [2.45, 2.75) is 64.8 Å². The largest absolute Gasteiger partial charge is 0.378 e. The maximum Gasteiger partial charge on any atom is 0.243 e. The standard InChI is InChI=1S/C29H38N4O2/c1-18-8-19(2)28(20(3)9-18)32-27(35)17-31-26(34)16-30-24-6-4-5-7-25(24)33-29-13-21-10-22(14-29)12-23(11-21)15-29/h4-9,21-23,30,33H,10-17H2,1-3H3,(H,31,34)(H,32,35). The molecule has 0 saturated heterocycles. The van der Waals surface area contributed by atoms with Crippen molar-refractivity contribution in [1.82, 2.24) is 5.32 Å². The number of aryl methyl sites for hydroxylation is 3. The SMILES string of the molecule is Cc1cc(C)c(NC(=O)CNC(=O)CNc2ccccc2NC23CC4CC(CC(C4)C2)C3)c(C)c1. The fourth-order valence-electron chi connectivity index (χ4n) is 7.27. The van der Waals surface area contributed by atoms with Crippen LogP contribution in [0.15, 0.2) is 36.4 Å². The Kier molecular flexibility index (Phi) is 6.47. The summed E-state index contributed by atoms with van der Waals surface area (Å²) in [5.74, 6) is 2.19. The van der Waals surface area contributed by atoms with Crippen LogP contribution in [0.4, 0.5) is 17.1 Å². The van der Waals surface area contributed by atoms with E-state index in [1.165, 1.54) is 38.5 Å². The monoisotopic (exact) mass is 474 g/mol. The van der Waals surface area contributed by atoms with E-state index < -0.39 is 0 Å². The molecule has 4 N–H and O–H groups in total. The van der Waals surface area contributed by atoms with Crippen molar-refractivity contribution < 1.29 is 9.59 Å². The summed E-state index contributed by atoms with van der Waals surface area (Å²) >= 11 is 0. The molecule has 186 valence electrons. The molecule has 6 nitrogen and oxygen atoms in total. The average Bonchev–Trinajstić information content (AvgIpc) is 2.78. The van der Waals surface area contributed by atoms with E-state index in [4.69, 9.17) is 0 Å². The Bertz CT molecular complexity index is 1070. The van der Waals surface area contributed by atoms with E-state index in [0.29, 0.717) is 0 Å². The first-order valence-corrected chi connectivity index (χ1v) is 13.0. The molecule has 6 heteroatoms. The molecule has 0 heterocycles. The number of anilines is 3. The zero-order valence-electron chi connectivity index (χ0n) is 21.2. The van der Waals surface area contributed by atoms with Crippen LogP contribution >= 0.6 is 0 Å². The molecule has 0 radical (unpaired) electrons. The molecule has 0 spiro atoms. The number of rotatable bonds is 8. The number of carbonyl (C=O) groups excluding carboxylic acids is 2. The average molecular weight is 475 g/mol. The molecule has 6 rings (SSSR count). The lowest BCUT2D eigenvalue weighted by Gasteiger charge is -2.57. The van der Waals surface area contributed by atoms with Crippen LogP contribution in [0.25, 0.3) is 0 Å². The van der Waals surface area contributed by atoms with Crippen LogP contribution in [0.3, 0.4) is 0 Å². The van der Waals surface area contributed by atoms with E-state index in [2.05, 4.69) is 27.3 Å². The second kappa shape index (κ2) is 9.56. The number of para-hydroxylation sites is 2. The Hall–Kier alpha value is -3.02. The highest BCUT2D eigenvalue weighted by Crippen LogP contribution is 2.56. The Labute approximate surface area is 208 Å². The Morgan fingerprint density at radius 2 is 1.40 bits per heavy atom. The van der Waals surface area contributed by atoms with Gasteiger partial charge in [0.2, 0.25) is 11.8 Å². The maximum absolute atomic E-state index is 12.5. The van der Waals surface area contributed by atoms with Crippen LogP contribution in [-0.4, -0.2) is 30.4 Å². The van der Waals surface area contributed by atoms with Gasteiger partial charge in [-0.1, -0.05) is 29.8 Å². The molecule has 0 aliphatic heterocycles. The molecule has 4 aliphatic carbocycles. The van der Waals surface area contributed by atoms with Gasteiger partial charge in [-0.25, -0.2) is 0 Å². The van der Waals surface area contributed by atoms with Gasteiger partial charge in [-0.05, 0) is 100 Å². The fraction of sp³-hybridized carbons (Fsp3) is 0.517. The number of hydrogen-bond acceptors (Lipinski definition) is 4. The molecule has 35 heavy (non-hydrogen) atoms. The Morgan fingerprint density at radius 1 is 0.829 bits per heavy atom. The van der Waals surface area contributed by atoms with Crippen molar-refractivity contribution >= 4 is 28.9 Å². The van der Waals surface area contributed by atoms with E-state index in [9.17, 15) is 9.59 Å². The van der Waals surface area contributed by atoms with Crippen molar-refractivity contribution in [3.63, 3.8) is 0 Å². The van der Waals surface area contributed by atoms with Gasteiger partial charge in [-0.3, -0.25) is 9.59 Å². The summed E-state index contributed by atoms with van der Waals surface area (Å²) in [6, 6.07) is 12.3. The first-order valence-electron chi connectivity index (χ1n) is 13.0. The molecular formula is C29H38N4O2. The van der Waals surface area contributed by atoms with E-state index in [0.717, 1.165) is 51.5 Å². The first-order chi connectivity index (χ1) is 16.8. The summed E-state index contributed by atoms with van der Waals surface area (Å²) in [6.07, 6.45) is 8.04. The van der Waals surface area contributed by atoms with Crippen LogP contribution in [0.5, 0.6) is 0 Å². The van der Waals surface area contributed by atoms with E-state index in [1.54, 1.807) is 0 Å². The van der Waals surface area contributed by atoms with Crippen LogP contribution in [0, 0.1) is 38.5 Å². The van der Waals surface area contributed by atoms with Gasteiger partial charge in [0.15, 0.2) is 0 Å². The highest BCUT2D eigenvalue weighted by molar-refractivity contribution is 5.96. The Morgan fingerprint density at radius 3 is 2.00 bits per heavy atom. The van der Waals surface area contributed by atoms with Gasteiger partial charge in [0.1, 0.15) is 0 Å². The number of hydrogen-bond donors (Lipinski definition) is 4. The van der Waals surface area contributed by atoms with E-state index >= 15 is 0 Å². The van der Waals surface area contributed by atoms with Gasteiger partial charge < -0.3 is 21.3 Å². The predicted octanol–water partition coefficient (Wildman–Crippen LogP) is 5.16. The smallest absolute Gasteiger partial charge is 0.243 e. The van der Waals surface area contributed by atoms with Crippen molar-refractivity contribution in [2.75, 3.05) is 29.0 Å². The van der Waals surface area contributed by atoms with Gasteiger partial charge in [0.05, 0.1) is 24.5 Å². The maximum atomic E-state index is 12.5. The van der Waals surface area contributed by atoms with Crippen LogP contribution < -0.4 is 21.3 Å². The summed E-state index contributed by atoms with van der Waals surface area (Å²) in [7, 11) is 0. The molecule has 2 aromatic rings. The lowest BCUT2D eigenvalue weighted by molar-refractivity contribution is -0.122. The zero-order valence-corrected chi connectivity index (χ0v) is 21.2. The van der Waals surface area contributed by atoms with Crippen molar-refractivity contribution in [3.8, 4) is 0 Å². The predicted molar refractivity (Wildman–Crippen MR) is 142 cm³/mol. The van der Waals surface area contributed by atoms with Gasteiger partial charge in [0.25, 0.3) is 0 Å². The van der Waals surface area contributed by atoms with Crippen molar-refractivity contribution in [1.29, 1.82) is 0 Å². The van der Waals surface area contributed by atoms with E-state index in [-0.39, 0.29) is 30.4 Å². The summed E-state index contributed by atoms with van der Waals surface area (Å²) in [5, 5.41) is 12.9. The summed E-state index contributed by atoms with van der Waals surface area (Å²) in [6.45, 7) is 6.06. The third-order valence-electron chi connectivity index (χ3n) is 8.19. The quantitative estimate of drug-likeness (QED) is 0.426. The highest BCUT2D eigenvalue weighted by Gasteiger charge is 2.51. The minimum Gasteiger partial charge on any atom is -0.378 e. The normalized spacial score (nSPS) is 26.3. The first kappa shape index (κ1) is 23.7. The van der Waals surface area contributed by atoms with Gasteiger partial charge in [0, 0.05) is 11.2 Å².